The van der Waals surface area contributed by atoms with Gasteiger partial charge in [-0.3, -0.25) is 19.4 Å². The summed E-state index contributed by atoms with van der Waals surface area (Å²) in [4.78, 5) is 50.6. The number of amidine groups is 2. The summed E-state index contributed by atoms with van der Waals surface area (Å²) < 4.78 is 5.18. The molecule has 0 spiro atoms. The number of hydrogen-bond donors (Lipinski definition) is 2. The molecule has 0 bridgehead atoms. The molecule has 2 N–H and O–H groups in total. The predicted octanol–water partition coefficient (Wildman–Crippen LogP) is 4.32. The average molecular weight is 562 g/mol. The highest BCUT2D eigenvalue weighted by atomic mass is 32.2. The maximum atomic E-state index is 13.6. The van der Waals surface area contributed by atoms with E-state index in [4.69, 9.17) is 14.7 Å². The van der Waals surface area contributed by atoms with Gasteiger partial charge in [0.15, 0.2) is 5.17 Å². The van der Waals surface area contributed by atoms with Crippen LogP contribution in [0.3, 0.4) is 0 Å². The van der Waals surface area contributed by atoms with E-state index >= 15 is 0 Å². The third kappa shape index (κ3) is 6.22. The maximum Gasteiger partial charge on any atom is 0.259 e. The highest BCUT2D eigenvalue weighted by molar-refractivity contribution is 8.15. The zero-order valence-electron chi connectivity index (χ0n) is 22.9. The Hall–Kier alpha value is -3.66. The number of para-hydroxylation sites is 1. The van der Waals surface area contributed by atoms with Crippen molar-refractivity contribution >= 4 is 46.2 Å². The molecule has 2 aliphatic heterocycles. The van der Waals surface area contributed by atoms with Crippen LogP contribution in [-0.4, -0.2) is 58.1 Å². The Labute approximate surface area is 238 Å². The fraction of sp³-hybridized carbons (Fsp3) is 0.433. The molecule has 0 aromatic heterocycles. The van der Waals surface area contributed by atoms with Gasteiger partial charge in [0.25, 0.3) is 5.91 Å². The van der Waals surface area contributed by atoms with Crippen molar-refractivity contribution in [1.82, 2.24) is 15.5 Å². The van der Waals surface area contributed by atoms with Gasteiger partial charge in [0.1, 0.15) is 17.6 Å². The van der Waals surface area contributed by atoms with Gasteiger partial charge in [-0.1, -0.05) is 62.2 Å². The summed E-state index contributed by atoms with van der Waals surface area (Å²) >= 11 is 1.29. The van der Waals surface area contributed by atoms with Crippen molar-refractivity contribution in [3.63, 3.8) is 0 Å². The van der Waals surface area contributed by atoms with Crippen LogP contribution in [0, 0.1) is 0 Å². The molecule has 1 saturated carbocycles. The van der Waals surface area contributed by atoms with Crippen LogP contribution in [0.4, 0.5) is 5.69 Å². The average Bonchev–Trinajstić information content (AvgIpc) is 3.31. The number of amides is 3. The van der Waals surface area contributed by atoms with Crippen molar-refractivity contribution in [2.24, 2.45) is 9.98 Å². The minimum Gasteiger partial charge on any atom is -0.497 e. The number of ether oxygens (including phenoxy) is 1. The molecule has 3 amide bonds. The van der Waals surface area contributed by atoms with Crippen LogP contribution in [0.15, 0.2) is 58.5 Å². The van der Waals surface area contributed by atoms with Crippen LogP contribution in [0.2, 0.25) is 0 Å². The van der Waals surface area contributed by atoms with Crippen LogP contribution in [-0.2, 0) is 20.9 Å². The van der Waals surface area contributed by atoms with Crippen molar-refractivity contribution < 1.29 is 19.1 Å². The Balaban J connectivity index is 1.29. The molecule has 2 aromatic carbocycles. The van der Waals surface area contributed by atoms with Crippen LogP contribution in [0.1, 0.15) is 63.0 Å². The zero-order chi connectivity index (χ0) is 28.1. The van der Waals surface area contributed by atoms with Gasteiger partial charge in [-0.25, -0.2) is 9.89 Å². The topological polar surface area (TPSA) is 112 Å². The highest BCUT2D eigenvalue weighted by Gasteiger charge is 2.43. The molecule has 0 saturated heterocycles. The summed E-state index contributed by atoms with van der Waals surface area (Å²) in [5, 5.41) is 6.12. The van der Waals surface area contributed by atoms with E-state index in [0.29, 0.717) is 29.7 Å². The van der Waals surface area contributed by atoms with Gasteiger partial charge in [-0.05, 0) is 49.1 Å². The number of carbonyl (C=O) groups excluding carboxylic acids is 3. The molecule has 40 heavy (non-hydrogen) atoms. The Morgan fingerprint density at radius 3 is 2.58 bits per heavy atom. The van der Waals surface area contributed by atoms with Gasteiger partial charge >= 0.3 is 0 Å². The molecular formula is C30H35N5O4S. The van der Waals surface area contributed by atoms with Gasteiger partial charge < -0.3 is 15.4 Å². The first-order valence-corrected chi connectivity index (χ1v) is 14.8. The minimum absolute atomic E-state index is 0.0273. The normalized spacial score (nSPS) is 19.2. The Morgan fingerprint density at radius 1 is 1.10 bits per heavy atom. The molecule has 2 atom stereocenters. The van der Waals surface area contributed by atoms with Gasteiger partial charge in [-0.2, -0.15) is 0 Å². The Morgan fingerprint density at radius 2 is 1.85 bits per heavy atom. The van der Waals surface area contributed by atoms with Crippen LogP contribution < -0.4 is 15.4 Å². The first kappa shape index (κ1) is 27.9. The summed E-state index contributed by atoms with van der Waals surface area (Å²) in [6.07, 6.45) is 6.01. The number of fused-ring (bicyclic) bond motifs is 3. The summed E-state index contributed by atoms with van der Waals surface area (Å²) in [6, 6.07) is 14.3. The van der Waals surface area contributed by atoms with E-state index in [0.717, 1.165) is 42.6 Å². The van der Waals surface area contributed by atoms with Gasteiger partial charge in [0, 0.05) is 18.2 Å². The van der Waals surface area contributed by atoms with E-state index in [2.05, 4.69) is 10.6 Å². The first-order valence-electron chi connectivity index (χ1n) is 13.9. The molecule has 9 nitrogen and oxygen atoms in total. The molecule has 210 valence electrons. The molecule has 3 aliphatic rings. The maximum absolute atomic E-state index is 13.6. The third-order valence-electron chi connectivity index (χ3n) is 7.44. The van der Waals surface area contributed by atoms with E-state index in [1.54, 1.807) is 7.11 Å². The lowest BCUT2D eigenvalue weighted by Gasteiger charge is -2.29. The van der Waals surface area contributed by atoms with E-state index in [1.807, 2.05) is 55.5 Å². The molecular weight excluding hydrogens is 526 g/mol. The lowest BCUT2D eigenvalue weighted by molar-refractivity contribution is -0.128. The summed E-state index contributed by atoms with van der Waals surface area (Å²) in [5.41, 5.74) is 2.36. The number of nitrogens with one attached hydrogen (secondary N) is 2. The molecule has 10 heteroatoms. The largest absolute Gasteiger partial charge is 0.497 e. The van der Waals surface area contributed by atoms with E-state index in [-0.39, 0.29) is 30.2 Å². The molecule has 2 aromatic rings. The van der Waals surface area contributed by atoms with Gasteiger partial charge in [-0.15, -0.1) is 0 Å². The van der Waals surface area contributed by atoms with E-state index in [9.17, 15) is 14.4 Å². The van der Waals surface area contributed by atoms with Gasteiger partial charge in [0.05, 0.1) is 24.5 Å². The lowest BCUT2D eigenvalue weighted by atomic mass is 9.95. The Kier molecular flexibility index (Phi) is 8.84. The zero-order valence-corrected chi connectivity index (χ0v) is 23.7. The minimum atomic E-state index is -0.862. The number of nitrogens with zero attached hydrogens (tertiary/aromatic N) is 3. The first-order chi connectivity index (χ1) is 19.5. The fourth-order valence-electron chi connectivity index (χ4n) is 5.20. The fourth-order valence-corrected chi connectivity index (χ4v) is 6.23. The van der Waals surface area contributed by atoms with Crippen LogP contribution in [0.5, 0.6) is 5.75 Å². The summed E-state index contributed by atoms with van der Waals surface area (Å²) in [5.74, 6) is 0.620. The van der Waals surface area contributed by atoms with Gasteiger partial charge in [0.2, 0.25) is 11.8 Å². The molecule has 0 radical (unpaired) electrons. The van der Waals surface area contributed by atoms with Crippen molar-refractivity contribution in [2.75, 3.05) is 7.11 Å². The van der Waals surface area contributed by atoms with E-state index < -0.39 is 11.3 Å². The second-order valence-electron chi connectivity index (χ2n) is 10.2. The quantitative estimate of drug-likeness (QED) is 0.474. The number of thioether (sulfide) groups is 1. The number of benzene rings is 2. The van der Waals surface area contributed by atoms with Crippen LogP contribution in [0.25, 0.3) is 0 Å². The molecule has 1 aliphatic carbocycles. The number of methoxy groups -OCH3 is 1. The molecule has 5 rings (SSSR count). The monoisotopic (exact) mass is 561 g/mol. The number of carbonyl (C=O) groups is 3. The number of hydrogen-bond acceptors (Lipinski definition) is 7. The third-order valence-corrected chi connectivity index (χ3v) is 8.75. The Bertz CT molecular complexity index is 1320. The van der Waals surface area contributed by atoms with E-state index in [1.165, 1.54) is 23.1 Å². The SMILES string of the molecule is CC[C@H](SC1=Nc2ccccc2C2=N[C@H](CC(=O)NCc3ccc(OC)cc3)C(=O)N12)C(=O)NC1CCCCC1. The summed E-state index contributed by atoms with van der Waals surface area (Å²) in [7, 11) is 1.60. The number of aliphatic imine (C=N–C) groups is 2. The summed E-state index contributed by atoms with van der Waals surface area (Å²) in [6.45, 7) is 2.30. The van der Waals surface area contributed by atoms with Crippen molar-refractivity contribution in [3.8, 4) is 5.75 Å². The standard InChI is InChI=1S/C30H35N5O4S/c1-3-25(28(37)32-20-9-5-4-6-10-20)40-30-34-23-12-8-7-11-22(23)27-33-24(29(38)35(27)30)17-26(36)31-18-19-13-15-21(39-2)16-14-19/h7-8,11-16,20,24-25H,3-6,9-10,17-18H2,1-2H3,(H,31,36)(H,32,37)/t24-,25+/m1/s1. The predicted molar refractivity (Wildman–Crippen MR) is 157 cm³/mol. The van der Waals surface area contributed by atoms with Crippen molar-refractivity contribution in [1.29, 1.82) is 0 Å². The highest BCUT2D eigenvalue weighted by Crippen LogP contribution is 2.35. The lowest BCUT2D eigenvalue weighted by Crippen LogP contribution is -2.45. The molecule has 0 unspecified atom stereocenters. The van der Waals surface area contributed by atoms with Crippen molar-refractivity contribution in [2.45, 2.75) is 75.7 Å². The second kappa shape index (κ2) is 12.7. The smallest absolute Gasteiger partial charge is 0.259 e. The van der Waals surface area contributed by atoms with Crippen molar-refractivity contribution in [3.05, 3.63) is 59.7 Å². The van der Waals surface area contributed by atoms with Crippen LogP contribution >= 0.6 is 11.8 Å². The second-order valence-corrected chi connectivity index (χ2v) is 11.4. The molecule has 2 heterocycles. The number of rotatable bonds is 9. The molecule has 1 fully saturated rings.